The molecule has 0 heterocycles. The summed E-state index contributed by atoms with van der Waals surface area (Å²) in [7, 11) is 1.83. The predicted molar refractivity (Wildman–Crippen MR) is 67.9 cm³/mol. The number of hydrazine groups is 1. The van der Waals surface area contributed by atoms with Gasteiger partial charge in [0.15, 0.2) is 0 Å². The second kappa shape index (κ2) is 5.03. The minimum absolute atomic E-state index is 0.0926. The molecule has 1 fully saturated rings. The summed E-state index contributed by atoms with van der Waals surface area (Å²) in [5.41, 5.74) is 3.02. The van der Waals surface area contributed by atoms with Crippen LogP contribution in [0.15, 0.2) is 0 Å². The third-order valence-corrected chi connectivity index (χ3v) is 3.96. The van der Waals surface area contributed by atoms with E-state index in [1.54, 1.807) is 0 Å². The summed E-state index contributed by atoms with van der Waals surface area (Å²) < 4.78 is 5.89. The van der Waals surface area contributed by atoms with Crippen molar-refractivity contribution in [3.05, 3.63) is 0 Å². The minimum atomic E-state index is -0.0926. The number of hydrogen-bond acceptors (Lipinski definition) is 3. The Labute approximate surface area is 100 Å². The fourth-order valence-corrected chi connectivity index (χ4v) is 3.30. The van der Waals surface area contributed by atoms with Crippen LogP contribution < -0.4 is 11.3 Å². The Kier molecular flexibility index (Phi) is 4.38. The molecule has 0 aromatic rings. The average Bonchev–Trinajstić information content (AvgIpc) is 2.16. The monoisotopic (exact) mass is 228 g/mol. The van der Waals surface area contributed by atoms with Crippen LogP contribution in [0.1, 0.15) is 53.4 Å². The molecule has 0 radical (unpaired) electrons. The van der Waals surface area contributed by atoms with E-state index < -0.39 is 0 Å². The number of rotatable bonds is 3. The molecule has 3 N–H and O–H groups in total. The van der Waals surface area contributed by atoms with Gasteiger partial charge in [-0.2, -0.15) is 0 Å². The highest BCUT2D eigenvalue weighted by Gasteiger charge is 2.46. The van der Waals surface area contributed by atoms with Crippen molar-refractivity contribution in [1.82, 2.24) is 5.43 Å². The molecule has 3 heteroatoms. The zero-order valence-electron chi connectivity index (χ0n) is 11.5. The lowest BCUT2D eigenvalue weighted by Crippen LogP contribution is -2.61. The minimum Gasteiger partial charge on any atom is -0.377 e. The molecule has 0 aliphatic heterocycles. The fraction of sp³-hybridized carbons (Fsp3) is 1.00. The predicted octanol–water partition coefficient (Wildman–Crippen LogP) is 2.46. The van der Waals surface area contributed by atoms with Crippen LogP contribution in [0.2, 0.25) is 0 Å². The molecule has 96 valence electrons. The van der Waals surface area contributed by atoms with E-state index in [0.29, 0.717) is 0 Å². The number of methoxy groups -OCH3 is 1. The van der Waals surface area contributed by atoms with Crippen molar-refractivity contribution in [2.45, 2.75) is 65.0 Å². The molecule has 0 aromatic heterocycles. The van der Waals surface area contributed by atoms with Crippen LogP contribution in [0.5, 0.6) is 0 Å². The molecule has 0 bridgehead atoms. The van der Waals surface area contributed by atoms with Crippen LogP contribution >= 0.6 is 0 Å². The fourth-order valence-electron chi connectivity index (χ4n) is 3.30. The van der Waals surface area contributed by atoms with E-state index in [9.17, 15) is 0 Å². The number of ether oxygens (including phenoxy) is 1. The first kappa shape index (κ1) is 13.9. The topological polar surface area (TPSA) is 47.3 Å². The van der Waals surface area contributed by atoms with Crippen molar-refractivity contribution in [2.24, 2.45) is 17.2 Å². The normalized spacial score (nSPS) is 33.8. The highest BCUT2D eigenvalue weighted by Crippen LogP contribution is 2.42. The number of nitrogens with two attached hydrogens (primary N) is 1. The lowest BCUT2D eigenvalue weighted by atomic mass is 9.67. The molecule has 16 heavy (non-hydrogen) atoms. The zero-order chi connectivity index (χ0) is 12.4. The van der Waals surface area contributed by atoms with E-state index in [-0.39, 0.29) is 17.1 Å². The Morgan fingerprint density at radius 2 is 2.06 bits per heavy atom. The first-order valence-electron chi connectivity index (χ1n) is 6.37. The maximum Gasteiger partial charge on any atom is 0.0852 e. The standard InChI is InChI=1S/C13H28N2O/c1-10-7-6-8-13(9-10,16-5)11(15-14)12(2,3)4/h10-11,15H,6-9,14H2,1-5H3. The molecule has 1 aliphatic carbocycles. The molecule has 3 atom stereocenters. The van der Waals surface area contributed by atoms with Crippen LogP contribution in [0.25, 0.3) is 0 Å². The Morgan fingerprint density at radius 3 is 2.44 bits per heavy atom. The Morgan fingerprint density at radius 1 is 1.44 bits per heavy atom. The second-order valence-corrected chi connectivity index (χ2v) is 6.44. The summed E-state index contributed by atoms with van der Waals surface area (Å²) in [4.78, 5) is 0. The highest BCUT2D eigenvalue weighted by atomic mass is 16.5. The lowest BCUT2D eigenvalue weighted by molar-refractivity contribution is -0.103. The van der Waals surface area contributed by atoms with Gasteiger partial charge in [0, 0.05) is 7.11 Å². The summed E-state index contributed by atoms with van der Waals surface area (Å²) in [6, 6.07) is 0.202. The van der Waals surface area contributed by atoms with Crippen LogP contribution in [0.3, 0.4) is 0 Å². The molecule has 1 saturated carbocycles. The first-order valence-corrected chi connectivity index (χ1v) is 6.37. The summed E-state index contributed by atoms with van der Waals surface area (Å²) in [5.74, 6) is 6.49. The maximum absolute atomic E-state index is 5.89. The summed E-state index contributed by atoms with van der Waals surface area (Å²) in [6.45, 7) is 8.97. The van der Waals surface area contributed by atoms with Gasteiger partial charge in [-0.1, -0.05) is 40.5 Å². The van der Waals surface area contributed by atoms with E-state index >= 15 is 0 Å². The van der Waals surface area contributed by atoms with Gasteiger partial charge in [-0.3, -0.25) is 11.3 Å². The first-order chi connectivity index (χ1) is 7.35. The summed E-state index contributed by atoms with van der Waals surface area (Å²) >= 11 is 0. The quantitative estimate of drug-likeness (QED) is 0.576. The van der Waals surface area contributed by atoms with Crippen molar-refractivity contribution in [3.63, 3.8) is 0 Å². The van der Waals surface area contributed by atoms with E-state index in [4.69, 9.17) is 10.6 Å². The molecule has 0 amide bonds. The van der Waals surface area contributed by atoms with Gasteiger partial charge in [-0.05, 0) is 24.2 Å². The third kappa shape index (κ3) is 2.76. The van der Waals surface area contributed by atoms with Gasteiger partial charge in [0.2, 0.25) is 0 Å². The molecule has 1 rings (SSSR count). The Hall–Kier alpha value is -0.120. The van der Waals surface area contributed by atoms with Crippen LogP contribution in [-0.4, -0.2) is 18.8 Å². The summed E-state index contributed by atoms with van der Waals surface area (Å²) in [6.07, 6.45) is 4.77. The van der Waals surface area contributed by atoms with Gasteiger partial charge < -0.3 is 4.74 Å². The number of nitrogens with one attached hydrogen (secondary N) is 1. The van der Waals surface area contributed by atoms with Crippen LogP contribution in [0.4, 0.5) is 0 Å². The molecular formula is C13H28N2O. The summed E-state index contributed by atoms with van der Waals surface area (Å²) in [5, 5.41) is 0. The van der Waals surface area contributed by atoms with Crippen molar-refractivity contribution in [2.75, 3.05) is 7.11 Å². The smallest absolute Gasteiger partial charge is 0.0852 e. The van der Waals surface area contributed by atoms with Gasteiger partial charge in [0.25, 0.3) is 0 Å². The van der Waals surface area contributed by atoms with Crippen molar-refractivity contribution in [1.29, 1.82) is 0 Å². The highest BCUT2D eigenvalue weighted by molar-refractivity contribution is 5.01. The van der Waals surface area contributed by atoms with Gasteiger partial charge in [-0.25, -0.2) is 0 Å². The zero-order valence-corrected chi connectivity index (χ0v) is 11.5. The average molecular weight is 228 g/mol. The van der Waals surface area contributed by atoms with Gasteiger partial charge in [0.1, 0.15) is 0 Å². The molecule has 1 aliphatic rings. The molecule has 0 saturated heterocycles. The molecule has 0 aromatic carbocycles. The van der Waals surface area contributed by atoms with Crippen LogP contribution in [0, 0.1) is 11.3 Å². The van der Waals surface area contributed by atoms with E-state index in [0.717, 1.165) is 18.8 Å². The second-order valence-electron chi connectivity index (χ2n) is 6.44. The van der Waals surface area contributed by atoms with Gasteiger partial charge in [-0.15, -0.1) is 0 Å². The van der Waals surface area contributed by atoms with Crippen LogP contribution in [-0.2, 0) is 4.74 Å². The number of hydrogen-bond donors (Lipinski definition) is 2. The Bertz CT molecular complexity index is 224. The van der Waals surface area contributed by atoms with E-state index in [2.05, 4.69) is 33.1 Å². The SMILES string of the molecule is COC1(C(NN)C(C)(C)C)CCCC(C)C1. The van der Waals surface area contributed by atoms with E-state index in [1.807, 2.05) is 7.11 Å². The Balaban J connectivity index is 2.92. The lowest BCUT2D eigenvalue weighted by Gasteiger charge is -2.49. The van der Waals surface area contributed by atoms with Crippen molar-refractivity contribution < 1.29 is 4.74 Å². The van der Waals surface area contributed by atoms with E-state index in [1.165, 1.54) is 12.8 Å². The third-order valence-electron chi connectivity index (χ3n) is 3.96. The molecule has 3 unspecified atom stereocenters. The van der Waals surface area contributed by atoms with Crippen molar-refractivity contribution in [3.8, 4) is 0 Å². The maximum atomic E-state index is 5.89. The van der Waals surface area contributed by atoms with Crippen molar-refractivity contribution >= 4 is 0 Å². The molecule has 0 spiro atoms. The molecule has 3 nitrogen and oxygen atoms in total. The van der Waals surface area contributed by atoms with Gasteiger partial charge in [0.05, 0.1) is 11.6 Å². The molecular weight excluding hydrogens is 200 g/mol. The largest absolute Gasteiger partial charge is 0.377 e. The van der Waals surface area contributed by atoms with Gasteiger partial charge >= 0.3 is 0 Å².